The fourth-order valence-electron chi connectivity index (χ4n) is 7.74. The lowest BCUT2D eigenvalue weighted by atomic mass is 9.85. The molecule has 22 nitrogen and oxygen atoms in total. The van der Waals surface area contributed by atoms with E-state index in [0.717, 1.165) is 6.92 Å². The van der Waals surface area contributed by atoms with E-state index < -0.39 is 153 Å². The van der Waals surface area contributed by atoms with E-state index in [1.165, 1.54) is 31.2 Å². The Morgan fingerprint density at radius 3 is 2.28 bits per heavy atom. The van der Waals surface area contributed by atoms with E-state index in [0.29, 0.717) is 0 Å². The molecule has 4 aliphatic rings. The summed E-state index contributed by atoms with van der Waals surface area (Å²) >= 11 is 0. The third kappa shape index (κ3) is 9.95. The summed E-state index contributed by atoms with van der Waals surface area (Å²) in [5.41, 5.74) is 6.34. The summed E-state index contributed by atoms with van der Waals surface area (Å²) in [5.74, 6) is -7.64. The summed E-state index contributed by atoms with van der Waals surface area (Å²) in [4.78, 5) is 38.9. The number of carboxylic acids is 1. The molecule has 0 saturated carbocycles. The van der Waals surface area contributed by atoms with Crippen LogP contribution >= 0.6 is 0 Å². The Hall–Kier alpha value is -3.01. The number of amides is 1. The normalized spacial score (nSPS) is 41.9. The molecule has 1 amide bonds. The molecule has 0 radical (unpaired) electrons. The van der Waals surface area contributed by atoms with Crippen molar-refractivity contribution in [1.29, 1.82) is 0 Å². The maximum absolute atomic E-state index is 13.6. The summed E-state index contributed by atoms with van der Waals surface area (Å²) in [6.45, 7) is 0.588. The number of nitrogens with two attached hydrogens (primary N) is 1. The third-order valence-electron chi connectivity index (χ3n) is 10.9. The number of nitrogens with one attached hydrogen (secondary N) is 1. The van der Waals surface area contributed by atoms with Crippen LogP contribution in [0.3, 0.4) is 0 Å². The van der Waals surface area contributed by atoms with E-state index >= 15 is 0 Å². The molecule has 19 atom stereocenters. The van der Waals surface area contributed by atoms with Crippen LogP contribution in [0.5, 0.6) is 0 Å². The molecule has 0 aliphatic carbocycles. The van der Waals surface area contributed by atoms with Crippen molar-refractivity contribution in [2.45, 2.75) is 143 Å². The number of hydrogen-bond acceptors (Lipinski definition) is 20. The highest BCUT2D eigenvalue weighted by atomic mass is 16.8. The monoisotopic (exact) mass is 834 g/mol. The van der Waals surface area contributed by atoms with Gasteiger partial charge in [-0.3, -0.25) is 4.79 Å². The number of aliphatic carboxylic acids is 1. The third-order valence-corrected chi connectivity index (χ3v) is 10.9. The second kappa shape index (κ2) is 19.6. The maximum atomic E-state index is 13.6. The zero-order chi connectivity index (χ0) is 42.6. The molecule has 1 aromatic carbocycles. The van der Waals surface area contributed by atoms with Gasteiger partial charge in [-0.1, -0.05) is 18.2 Å². The van der Waals surface area contributed by atoms with Crippen molar-refractivity contribution in [3.63, 3.8) is 0 Å². The smallest absolute Gasteiger partial charge is 0.364 e. The van der Waals surface area contributed by atoms with Crippen molar-refractivity contribution < 1.29 is 98.6 Å². The number of carbonyl (C=O) groups excluding carboxylic acids is 2. The quantitative estimate of drug-likeness (QED) is 0.0779. The van der Waals surface area contributed by atoms with Gasteiger partial charge in [-0.2, -0.15) is 0 Å². The van der Waals surface area contributed by atoms with Crippen LogP contribution in [0.15, 0.2) is 30.3 Å². The van der Waals surface area contributed by atoms with Gasteiger partial charge in [0.2, 0.25) is 5.91 Å². The van der Waals surface area contributed by atoms with Crippen LogP contribution in [0.1, 0.15) is 43.5 Å². The zero-order valence-corrected chi connectivity index (χ0v) is 31.7. The van der Waals surface area contributed by atoms with Crippen LogP contribution in [0.2, 0.25) is 0 Å². The fourth-order valence-corrected chi connectivity index (χ4v) is 7.74. The number of ether oxygens (including phenoxy) is 7. The molecule has 0 spiro atoms. The Morgan fingerprint density at radius 1 is 0.966 bits per heavy atom. The van der Waals surface area contributed by atoms with E-state index in [1.54, 1.807) is 6.07 Å². The molecule has 22 heteroatoms. The predicted molar refractivity (Wildman–Crippen MR) is 189 cm³/mol. The number of hydrogen-bond donors (Lipinski definition) is 12. The van der Waals surface area contributed by atoms with Crippen molar-refractivity contribution in [1.82, 2.24) is 5.32 Å². The number of rotatable bonds is 14. The standard InChI is InChI=1S/C36H54N2O20/c1-14-24(44)28(48)26(46)21(53-14)10-17-20(8-9-52-32(17)37)54-34-31(56-33(49)16-6-4-3-5-7-16)30(27(47)22(13-40)55-34)58-36(35(50)51)11-18(42)23(38-15(2)41)29(57-36)25(45)19(43)12-39/h3-7,14,17-32,34,39-40,42-48H,8-13,37H2,1-2H3,(H,38,41)(H,50,51)/t14?,17?,18?,19-,20?,21?,22?,23?,24?,25-,26?,27?,28?,29?,30?,31?,32?,34?,36?/m1/s1. The molecule has 17 unspecified atom stereocenters. The van der Waals surface area contributed by atoms with Crippen LogP contribution < -0.4 is 11.1 Å². The van der Waals surface area contributed by atoms with E-state index in [-0.39, 0.29) is 25.0 Å². The summed E-state index contributed by atoms with van der Waals surface area (Å²) in [7, 11) is 0. The second-order valence-corrected chi connectivity index (χ2v) is 15.0. The summed E-state index contributed by atoms with van der Waals surface area (Å²) in [6, 6.07) is 5.87. The van der Waals surface area contributed by atoms with Gasteiger partial charge in [0.05, 0.1) is 55.8 Å². The zero-order valence-electron chi connectivity index (χ0n) is 31.7. The number of carboxylic acid groups (broad SMARTS) is 1. The summed E-state index contributed by atoms with van der Waals surface area (Å²) < 4.78 is 41.4. The number of carbonyl (C=O) groups is 3. The highest BCUT2D eigenvalue weighted by Crippen LogP contribution is 2.40. The van der Waals surface area contributed by atoms with Gasteiger partial charge in [0.25, 0.3) is 5.79 Å². The Morgan fingerprint density at radius 2 is 1.66 bits per heavy atom. The van der Waals surface area contributed by atoms with E-state index in [4.69, 9.17) is 38.9 Å². The molecular formula is C36H54N2O20. The van der Waals surface area contributed by atoms with Crippen molar-refractivity contribution in [3.05, 3.63) is 35.9 Å². The van der Waals surface area contributed by atoms with Gasteiger partial charge in [-0.15, -0.1) is 0 Å². The molecule has 5 rings (SSSR count). The van der Waals surface area contributed by atoms with Gasteiger partial charge in [0.1, 0.15) is 61.2 Å². The van der Waals surface area contributed by atoms with Crippen molar-refractivity contribution in [2.24, 2.45) is 11.7 Å². The lowest BCUT2D eigenvalue weighted by Crippen LogP contribution is -2.70. The first-order valence-electron chi connectivity index (χ1n) is 18.9. The second-order valence-electron chi connectivity index (χ2n) is 15.0. The molecule has 328 valence electrons. The largest absolute Gasteiger partial charge is 0.477 e. The minimum absolute atomic E-state index is 0.0142. The summed E-state index contributed by atoms with van der Waals surface area (Å²) in [5, 5.41) is 108. The summed E-state index contributed by atoms with van der Waals surface area (Å²) in [6.07, 6.45) is -27.0. The molecular weight excluding hydrogens is 780 g/mol. The van der Waals surface area contributed by atoms with Gasteiger partial charge in [-0.25, -0.2) is 9.59 Å². The number of benzene rings is 1. The van der Waals surface area contributed by atoms with Crippen LogP contribution in [0.25, 0.3) is 0 Å². The Bertz CT molecular complexity index is 1530. The average Bonchev–Trinajstić information content (AvgIpc) is 3.19. The average molecular weight is 835 g/mol. The SMILES string of the molecule is CC(=O)NC1C(O)CC(OC2C(O)C(CO)OC(OC3CCOC(N)C3CC3OC(C)C(O)C(O)C3O)C2OC(=O)c2ccccc2)(C(=O)O)OC1[C@H](O)[C@H](O)CO. The van der Waals surface area contributed by atoms with Crippen LogP contribution in [-0.4, -0.2) is 199 Å². The molecule has 0 bridgehead atoms. The Labute approximate surface area is 331 Å². The molecule has 4 fully saturated rings. The first-order valence-corrected chi connectivity index (χ1v) is 18.9. The number of aliphatic hydroxyl groups excluding tert-OH is 9. The van der Waals surface area contributed by atoms with Gasteiger partial charge < -0.3 is 95.3 Å². The van der Waals surface area contributed by atoms with E-state index in [9.17, 15) is 65.4 Å². The first-order chi connectivity index (χ1) is 27.4. The molecule has 1 aromatic rings. The molecule has 58 heavy (non-hydrogen) atoms. The maximum Gasteiger partial charge on any atom is 0.364 e. The Balaban J connectivity index is 1.53. The van der Waals surface area contributed by atoms with Crippen LogP contribution in [0.4, 0.5) is 0 Å². The predicted octanol–water partition coefficient (Wildman–Crippen LogP) is -5.21. The topological polar surface area (TPSA) is 356 Å². The van der Waals surface area contributed by atoms with Gasteiger partial charge in [0.15, 0.2) is 12.4 Å². The van der Waals surface area contributed by atoms with Crippen LogP contribution in [-0.2, 0) is 42.7 Å². The van der Waals surface area contributed by atoms with Crippen molar-refractivity contribution >= 4 is 17.8 Å². The minimum atomic E-state index is -3.06. The molecule has 4 saturated heterocycles. The molecule has 13 N–H and O–H groups in total. The molecule has 0 aromatic heterocycles. The number of esters is 1. The van der Waals surface area contributed by atoms with Crippen molar-refractivity contribution in [2.75, 3.05) is 19.8 Å². The lowest BCUT2D eigenvalue weighted by molar-refractivity contribution is -0.375. The molecule has 4 heterocycles. The highest BCUT2D eigenvalue weighted by Gasteiger charge is 2.61. The molecule has 4 aliphatic heterocycles. The van der Waals surface area contributed by atoms with Gasteiger partial charge in [-0.05, 0) is 31.9 Å². The van der Waals surface area contributed by atoms with Crippen molar-refractivity contribution in [3.8, 4) is 0 Å². The highest BCUT2D eigenvalue weighted by molar-refractivity contribution is 5.89. The minimum Gasteiger partial charge on any atom is -0.477 e. The van der Waals surface area contributed by atoms with Gasteiger partial charge in [0, 0.05) is 19.3 Å². The van der Waals surface area contributed by atoms with Crippen LogP contribution in [0, 0.1) is 5.92 Å². The number of aliphatic hydroxyl groups is 9. The van der Waals surface area contributed by atoms with E-state index in [2.05, 4.69) is 5.32 Å². The Kier molecular flexibility index (Phi) is 15.6. The van der Waals surface area contributed by atoms with Gasteiger partial charge >= 0.3 is 11.9 Å². The fraction of sp³-hybridized carbons (Fsp3) is 0.750. The first kappa shape index (κ1) is 46.1. The lowest BCUT2D eigenvalue weighted by Gasteiger charge is -2.51. The van der Waals surface area contributed by atoms with E-state index in [1.807, 2.05) is 0 Å².